The summed E-state index contributed by atoms with van der Waals surface area (Å²) in [5, 5.41) is 0.590. The molecule has 0 radical (unpaired) electrons. The van der Waals surface area contributed by atoms with Gasteiger partial charge in [-0.1, -0.05) is 48.0 Å². The van der Waals surface area contributed by atoms with Crippen molar-refractivity contribution >= 4 is 29.3 Å². The summed E-state index contributed by atoms with van der Waals surface area (Å²) in [5.74, 6) is 0.788. The Hall–Kier alpha value is -3.06. The van der Waals surface area contributed by atoms with Gasteiger partial charge in [-0.05, 0) is 49.4 Å². The average molecular weight is 540 g/mol. The predicted molar refractivity (Wildman–Crippen MR) is 148 cm³/mol. The first-order chi connectivity index (χ1) is 18.2. The molecule has 0 saturated carbocycles. The molecule has 2 heterocycles. The summed E-state index contributed by atoms with van der Waals surface area (Å²) in [6.45, 7) is 4.82. The van der Waals surface area contributed by atoms with E-state index in [0.29, 0.717) is 69.4 Å². The highest BCUT2D eigenvalue weighted by atomic mass is 35.5. The van der Waals surface area contributed by atoms with Gasteiger partial charge in [-0.25, -0.2) is 0 Å². The predicted octanol–water partition coefficient (Wildman–Crippen LogP) is 4.63. The Bertz CT molecular complexity index is 1120. The Morgan fingerprint density at radius 1 is 1.03 bits per heavy atom. The maximum absolute atomic E-state index is 13.6. The summed E-state index contributed by atoms with van der Waals surface area (Å²) in [6.07, 6.45) is 3.26. The summed E-state index contributed by atoms with van der Waals surface area (Å²) < 4.78 is 6.21. The lowest BCUT2D eigenvalue weighted by Crippen LogP contribution is -2.53. The lowest BCUT2D eigenvalue weighted by molar-refractivity contribution is -0.146. The normalized spacial score (nSPS) is 20.2. The zero-order valence-corrected chi connectivity index (χ0v) is 23.2. The van der Waals surface area contributed by atoms with E-state index in [2.05, 4.69) is 0 Å². The second-order valence-corrected chi connectivity index (χ2v) is 11.2. The fourth-order valence-electron chi connectivity index (χ4n) is 5.60. The highest BCUT2D eigenvalue weighted by Gasteiger charge is 2.42. The number of nitrogens with zero attached hydrogens (tertiary/aromatic N) is 3. The van der Waals surface area contributed by atoms with Gasteiger partial charge >= 0.3 is 0 Å². The van der Waals surface area contributed by atoms with Crippen LogP contribution in [-0.2, 0) is 20.9 Å². The molecule has 8 heteroatoms. The molecular weight excluding hydrogens is 502 g/mol. The number of ether oxygens (including phenoxy) is 1. The Balaban J connectivity index is 1.47. The van der Waals surface area contributed by atoms with Crippen molar-refractivity contribution in [3.8, 4) is 5.75 Å². The molecule has 2 aromatic rings. The number of carbonyl (C=O) groups is 3. The lowest BCUT2D eigenvalue weighted by Gasteiger charge is -2.44. The van der Waals surface area contributed by atoms with Crippen molar-refractivity contribution in [2.24, 2.45) is 11.3 Å². The van der Waals surface area contributed by atoms with E-state index in [-0.39, 0.29) is 23.6 Å². The van der Waals surface area contributed by atoms with Gasteiger partial charge in [0.1, 0.15) is 5.75 Å². The SMILES string of the molecule is CC(=O)N1CCC(C(=O)N2CCC[C@](COc3cccc(Cl)c3)(CC(=O)N(C)Cc3ccccc3)C2)CC1. The zero-order valence-electron chi connectivity index (χ0n) is 22.4. The second-order valence-electron chi connectivity index (χ2n) is 10.8. The van der Waals surface area contributed by atoms with Crippen LogP contribution in [0.5, 0.6) is 5.75 Å². The van der Waals surface area contributed by atoms with E-state index in [1.165, 1.54) is 0 Å². The van der Waals surface area contributed by atoms with Gasteiger partial charge in [0.2, 0.25) is 17.7 Å². The number of amides is 3. The first kappa shape index (κ1) is 28.0. The van der Waals surface area contributed by atoms with Crippen LogP contribution in [-0.4, -0.2) is 72.3 Å². The van der Waals surface area contributed by atoms with Crippen molar-refractivity contribution in [3.05, 3.63) is 65.2 Å². The maximum Gasteiger partial charge on any atom is 0.225 e. The zero-order chi connectivity index (χ0) is 27.1. The third kappa shape index (κ3) is 7.28. The number of benzene rings is 2. The van der Waals surface area contributed by atoms with Crippen molar-refractivity contribution in [1.29, 1.82) is 0 Å². The average Bonchev–Trinajstić information content (AvgIpc) is 2.92. The van der Waals surface area contributed by atoms with E-state index in [4.69, 9.17) is 16.3 Å². The molecule has 7 nitrogen and oxygen atoms in total. The molecule has 2 aliphatic heterocycles. The number of likely N-dealkylation sites (tertiary alicyclic amines) is 2. The van der Waals surface area contributed by atoms with Crippen LogP contribution in [0.2, 0.25) is 5.02 Å². The lowest BCUT2D eigenvalue weighted by atomic mass is 9.76. The summed E-state index contributed by atoms with van der Waals surface area (Å²) >= 11 is 6.17. The quantitative estimate of drug-likeness (QED) is 0.490. The molecule has 2 aromatic carbocycles. The molecule has 0 aromatic heterocycles. The van der Waals surface area contributed by atoms with E-state index >= 15 is 0 Å². The van der Waals surface area contributed by atoms with Crippen LogP contribution in [0, 0.1) is 11.3 Å². The molecule has 1 atom stereocenters. The summed E-state index contributed by atoms with van der Waals surface area (Å²) in [4.78, 5) is 44.3. The van der Waals surface area contributed by atoms with Gasteiger partial charge < -0.3 is 19.4 Å². The standard InChI is InChI=1S/C30H38ClN3O4/c1-23(35)33-16-12-25(13-17-33)29(37)34-15-7-14-30(21-34,22-38-27-11-6-10-26(31)18-27)19-28(36)32(2)20-24-8-4-3-5-9-24/h3-6,8-11,18,25H,7,12-17,19-22H2,1-2H3/t30-/m0/s1. The molecule has 2 fully saturated rings. The van der Waals surface area contributed by atoms with Crippen LogP contribution < -0.4 is 4.74 Å². The largest absolute Gasteiger partial charge is 0.493 e. The molecule has 0 N–H and O–H groups in total. The highest BCUT2D eigenvalue weighted by Crippen LogP contribution is 2.37. The summed E-state index contributed by atoms with van der Waals surface area (Å²) in [5.41, 5.74) is 0.572. The third-order valence-electron chi connectivity index (χ3n) is 7.82. The van der Waals surface area contributed by atoms with Crippen LogP contribution in [0.1, 0.15) is 44.6 Å². The van der Waals surface area contributed by atoms with E-state index in [1.807, 2.05) is 59.3 Å². The molecule has 204 valence electrons. The third-order valence-corrected chi connectivity index (χ3v) is 8.05. The molecule has 2 aliphatic rings. The van der Waals surface area contributed by atoms with Gasteiger partial charge in [0.05, 0.1) is 6.61 Å². The molecule has 3 amide bonds. The minimum Gasteiger partial charge on any atom is -0.493 e. The molecule has 0 bridgehead atoms. The van der Waals surface area contributed by atoms with E-state index < -0.39 is 5.41 Å². The van der Waals surface area contributed by atoms with Gasteiger partial charge in [0, 0.05) is 69.5 Å². The Labute approximate surface area is 230 Å². The molecule has 0 spiro atoms. The number of piperidine rings is 2. The van der Waals surface area contributed by atoms with Gasteiger partial charge in [-0.2, -0.15) is 0 Å². The van der Waals surface area contributed by atoms with Crippen LogP contribution in [0.4, 0.5) is 0 Å². The monoisotopic (exact) mass is 539 g/mol. The molecular formula is C30H38ClN3O4. The summed E-state index contributed by atoms with van der Waals surface area (Å²) in [6, 6.07) is 17.2. The molecule has 38 heavy (non-hydrogen) atoms. The van der Waals surface area contributed by atoms with E-state index in [9.17, 15) is 14.4 Å². The number of halogens is 1. The second kappa shape index (κ2) is 12.7. The van der Waals surface area contributed by atoms with E-state index in [1.54, 1.807) is 24.0 Å². The van der Waals surface area contributed by atoms with Crippen molar-refractivity contribution in [3.63, 3.8) is 0 Å². The maximum atomic E-state index is 13.6. The summed E-state index contributed by atoms with van der Waals surface area (Å²) in [7, 11) is 1.83. The van der Waals surface area contributed by atoms with Crippen LogP contribution in [0.15, 0.2) is 54.6 Å². The van der Waals surface area contributed by atoms with Gasteiger partial charge in [-0.3, -0.25) is 14.4 Å². The van der Waals surface area contributed by atoms with Gasteiger partial charge in [0.25, 0.3) is 0 Å². The molecule has 0 unspecified atom stereocenters. The fourth-order valence-corrected chi connectivity index (χ4v) is 5.78. The number of hydrogen-bond donors (Lipinski definition) is 0. The Kier molecular flexibility index (Phi) is 9.31. The van der Waals surface area contributed by atoms with Crippen LogP contribution in [0.25, 0.3) is 0 Å². The minimum atomic E-state index is -0.502. The fraction of sp³-hybridized carbons (Fsp3) is 0.500. The van der Waals surface area contributed by atoms with Gasteiger partial charge in [-0.15, -0.1) is 0 Å². The first-order valence-corrected chi connectivity index (χ1v) is 13.8. The van der Waals surface area contributed by atoms with Crippen molar-refractivity contribution in [2.45, 2.75) is 45.6 Å². The van der Waals surface area contributed by atoms with Crippen LogP contribution >= 0.6 is 11.6 Å². The van der Waals surface area contributed by atoms with E-state index in [0.717, 1.165) is 18.4 Å². The van der Waals surface area contributed by atoms with Crippen LogP contribution in [0.3, 0.4) is 0 Å². The van der Waals surface area contributed by atoms with Crippen molar-refractivity contribution < 1.29 is 19.1 Å². The number of rotatable bonds is 8. The number of hydrogen-bond acceptors (Lipinski definition) is 4. The number of carbonyl (C=O) groups excluding carboxylic acids is 3. The Morgan fingerprint density at radius 3 is 2.45 bits per heavy atom. The first-order valence-electron chi connectivity index (χ1n) is 13.5. The molecule has 0 aliphatic carbocycles. The van der Waals surface area contributed by atoms with Crippen molar-refractivity contribution in [2.75, 3.05) is 39.8 Å². The van der Waals surface area contributed by atoms with Crippen molar-refractivity contribution in [1.82, 2.24) is 14.7 Å². The van der Waals surface area contributed by atoms with Gasteiger partial charge in [0.15, 0.2) is 0 Å². The Morgan fingerprint density at radius 2 is 1.76 bits per heavy atom. The molecule has 4 rings (SSSR count). The topological polar surface area (TPSA) is 70.2 Å². The highest BCUT2D eigenvalue weighted by molar-refractivity contribution is 6.30. The minimum absolute atomic E-state index is 0.0348. The smallest absolute Gasteiger partial charge is 0.225 e. The molecule has 2 saturated heterocycles.